The summed E-state index contributed by atoms with van der Waals surface area (Å²) in [6.45, 7) is 1.01. The summed E-state index contributed by atoms with van der Waals surface area (Å²) in [5.41, 5.74) is 0.684. The summed E-state index contributed by atoms with van der Waals surface area (Å²) >= 11 is 1.35. The second kappa shape index (κ2) is 7.75. The molecule has 1 aliphatic rings. The van der Waals surface area contributed by atoms with E-state index in [1.807, 2.05) is 30.3 Å². The van der Waals surface area contributed by atoms with Gasteiger partial charge in [-0.25, -0.2) is 13.4 Å². The number of para-hydroxylation sites is 1. The molecule has 30 heavy (non-hydrogen) atoms. The van der Waals surface area contributed by atoms with Crippen LogP contribution < -0.4 is 14.2 Å². The predicted octanol–water partition coefficient (Wildman–Crippen LogP) is 4.12. The van der Waals surface area contributed by atoms with Crippen LogP contribution in [-0.2, 0) is 10.0 Å². The van der Waals surface area contributed by atoms with Crippen molar-refractivity contribution >= 4 is 32.3 Å². The van der Waals surface area contributed by atoms with Crippen LogP contribution >= 0.6 is 11.3 Å². The second-order valence-electron chi connectivity index (χ2n) is 6.77. The molecule has 4 aromatic rings. The van der Waals surface area contributed by atoms with Gasteiger partial charge in [-0.15, -0.1) is 11.3 Å². The third-order valence-corrected chi connectivity index (χ3v) is 6.99. The van der Waals surface area contributed by atoms with E-state index in [-0.39, 0.29) is 4.90 Å². The van der Waals surface area contributed by atoms with Gasteiger partial charge < -0.3 is 13.9 Å². The zero-order valence-corrected chi connectivity index (χ0v) is 17.4. The molecule has 0 aliphatic carbocycles. The molecule has 3 heterocycles. The zero-order chi connectivity index (χ0) is 20.6. The minimum absolute atomic E-state index is 0.0874. The zero-order valence-electron chi connectivity index (χ0n) is 15.8. The van der Waals surface area contributed by atoms with Crippen LogP contribution in [0, 0.1) is 0 Å². The van der Waals surface area contributed by atoms with Crippen LogP contribution in [0.15, 0.2) is 69.4 Å². The molecule has 0 saturated heterocycles. The summed E-state index contributed by atoms with van der Waals surface area (Å²) in [7, 11) is -3.90. The first-order chi connectivity index (χ1) is 14.6. The van der Waals surface area contributed by atoms with E-state index in [1.54, 1.807) is 17.6 Å². The second-order valence-corrected chi connectivity index (χ2v) is 9.41. The Morgan fingerprint density at radius 2 is 1.87 bits per heavy atom. The van der Waals surface area contributed by atoms with Gasteiger partial charge in [0.2, 0.25) is 10.0 Å². The molecule has 9 heteroatoms. The lowest BCUT2D eigenvalue weighted by Crippen LogP contribution is -2.29. The van der Waals surface area contributed by atoms with Gasteiger partial charge in [0, 0.05) is 29.5 Å². The smallest absolute Gasteiger partial charge is 0.241 e. The molecule has 0 amide bonds. The minimum atomic E-state index is -3.90. The van der Waals surface area contributed by atoms with Crippen molar-refractivity contribution in [3.63, 3.8) is 0 Å². The van der Waals surface area contributed by atoms with E-state index in [9.17, 15) is 8.42 Å². The van der Waals surface area contributed by atoms with E-state index in [0.29, 0.717) is 41.1 Å². The Morgan fingerprint density at radius 1 is 1.03 bits per heavy atom. The molecule has 1 N–H and O–H groups in total. The van der Waals surface area contributed by atoms with Crippen molar-refractivity contribution in [3.8, 4) is 11.5 Å². The topological polar surface area (TPSA) is 90.7 Å². The Hall–Kier alpha value is -2.88. The van der Waals surface area contributed by atoms with E-state index >= 15 is 0 Å². The molecule has 2 aromatic carbocycles. The number of benzene rings is 2. The summed E-state index contributed by atoms with van der Waals surface area (Å²) in [6.07, 6.45) is 2.38. The van der Waals surface area contributed by atoms with Crippen molar-refractivity contribution in [2.45, 2.75) is 17.4 Å². The lowest BCUT2D eigenvalue weighted by Gasteiger charge is -2.16. The molecule has 1 unspecified atom stereocenters. The monoisotopic (exact) mass is 442 g/mol. The fourth-order valence-corrected chi connectivity index (χ4v) is 5.24. The van der Waals surface area contributed by atoms with Crippen LogP contribution in [0.25, 0.3) is 11.0 Å². The van der Waals surface area contributed by atoms with Crippen molar-refractivity contribution in [1.82, 2.24) is 9.71 Å². The lowest BCUT2D eigenvalue weighted by atomic mass is 10.2. The predicted molar refractivity (Wildman–Crippen MR) is 113 cm³/mol. The van der Waals surface area contributed by atoms with Gasteiger partial charge in [0.15, 0.2) is 11.5 Å². The summed E-state index contributed by atoms with van der Waals surface area (Å²) < 4.78 is 46.4. The van der Waals surface area contributed by atoms with Gasteiger partial charge in [0.05, 0.1) is 18.1 Å². The van der Waals surface area contributed by atoms with E-state index in [4.69, 9.17) is 13.9 Å². The molecular formula is C21H18N2O5S2. The number of sulfonamides is 1. The molecular weight excluding hydrogens is 424 g/mol. The number of rotatable bonds is 5. The molecule has 0 bridgehead atoms. The molecule has 0 spiro atoms. The van der Waals surface area contributed by atoms with Gasteiger partial charge in [0.1, 0.15) is 22.4 Å². The van der Waals surface area contributed by atoms with Gasteiger partial charge in [-0.1, -0.05) is 18.2 Å². The average Bonchev–Trinajstić information content (AvgIpc) is 3.37. The first kappa shape index (κ1) is 19.1. The fourth-order valence-electron chi connectivity index (χ4n) is 3.29. The molecule has 1 aliphatic heterocycles. The Bertz CT molecular complexity index is 1250. The van der Waals surface area contributed by atoms with Crippen LogP contribution in [-0.4, -0.2) is 26.6 Å². The number of hydrogen-bond acceptors (Lipinski definition) is 7. The molecule has 5 rings (SSSR count). The third-order valence-electron chi connectivity index (χ3n) is 4.73. The maximum atomic E-state index is 13.2. The van der Waals surface area contributed by atoms with Gasteiger partial charge in [-0.2, -0.15) is 4.72 Å². The fraction of sp³-hybridized carbons (Fsp3) is 0.190. The molecule has 154 valence electrons. The molecule has 1 atom stereocenters. The summed E-state index contributed by atoms with van der Waals surface area (Å²) in [5.74, 6) is 1.44. The van der Waals surface area contributed by atoms with E-state index < -0.39 is 16.1 Å². The highest BCUT2D eigenvalue weighted by Crippen LogP contribution is 2.34. The Balaban J connectivity index is 1.52. The van der Waals surface area contributed by atoms with Crippen LogP contribution in [0.2, 0.25) is 0 Å². The highest BCUT2D eigenvalue weighted by atomic mass is 32.2. The number of hydrogen-bond donors (Lipinski definition) is 1. The number of nitrogens with zero attached hydrogens (tertiary/aromatic N) is 1. The van der Waals surface area contributed by atoms with Gasteiger partial charge in [-0.3, -0.25) is 0 Å². The Labute approximate surface area is 177 Å². The molecule has 0 saturated carbocycles. The highest BCUT2D eigenvalue weighted by molar-refractivity contribution is 7.89. The maximum absolute atomic E-state index is 13.2. The standard InChI is InChI=1S/C21H18N2O5S2/c24-30(25,15-6-7-17-18(13-15)27-10-3-9-26-17)23-20(21-22-8-11-29-21)19-12-14-4-1-2-5-16(14)28-19/h1-2,4-8,11-13,20,23H,3,9-10H2. The summed E-state index contributed by atoms with van der Waals surface area (Å²) in [4.78, 5) is 4.40. The Morgan fingerprint density at radius 3 is 2.67 bits per heavy atom. The van der Waals surface area contributed by atoms with Crippen LogP contribution in [0.4, 0.5) is 0 Å². The van der Waals surface area contributed by atoms with Crippen molar-refractivity contribution in [3.05, 3.63) is 70.9 Å². The van der Waals surface area contributed by atoms with E-state index in [2.05, 4.69) is 9.71 Å². The Kier molecular flexibility index (Phi) is 4.93. The molecule has 0 fully saturated rings. The van der Waals surface area contributed by atoms with Crippen molar-refractivity contribution in [1.29, 1.82) is 0 Å². The van der Waals surface area contributed by atoms with E-state index in [1.165, 1.54) is 23.5 Å². The third kappa shape index (κ3) is 3.67. The molecule has 2 aromatic heterocycles. The van der Waals surface area contributed by atoms with Crippen LogP contribution in [0.3, 0.4) is 0 Å². The first-order valence-electron chi connectivity index (χ1n) is 9.40. The van der Waals surface area contributed by atoms with Crippen molar-refractivity contribution < 1.29 is 22.3 Å². The number of fused-ring (bicyclic) bond motifs is 2. The van der Waals surface area contributed by atoms with Crippen molar-refractivity contribution in [2.75, 3.05) is 13.2 Å². The van der Waals surface area contributed by atoms with Crippen LogP contribution in [0.5, 0.6) is 11.5 Å². The average molecular weight is 443 g/mol. The SMILES string of the molecule is O=S(=O)(NC(c1cc2ccccc2o1)c1nccs1)c1ccc2c(c1)OCCCO2. The summed E-state index contributed by atoms with van der Waals surface area (Å²) in [6, 6.07) is 13.2. The first-order valence-corrected chi connectivity index (χ1v) is 11.8. The lowest BCUT2D eigenvalue weighted by molar-refractivity contribution is 0.297. The number of ether oxygens (including phenoxy) is 2. The largest absolute Gasteiger partial charge is 0.490 e. The molecule has 0 radical (unpaired) electrons. The summed E-state index contributed by atoms with van der Waals surface area (Å²) in [5, 5.41) is 3.28. The quantitative estimate of drug-likeness (QED) is 0.500. The number of nitrogens with one attached hydrogen (secondary N) is 1. The van der Waals surface area contributed by atoms with Gasteiger partial charge in [0.25, 0.3) is 0 Å². The number of thiazole rings is 1. The molecule has 7 nitrogen and oxygen atoms in total. The van der Waals surface area contributed by atoms with Crippen molar-refractivity contribution in [2.24, 2.45) is 0 Å². The van der Waals surface area contributed by atoms with Gasteiger partial charge in [-0.05, 0) is 24.3 Å². The number of aromatic nitrogens is 1. The van der Waals surface area contributed by atoms with E-state index in [0.717, 1.165) is 11.8 Å². The van der Waals surface area contributed by atoms with Crippen LogP contribution in [0.1, 0.15) is 23.2 Å². The normalized spacial score (nSPS) is 15.1. The number of furan rings is 1. The highest BCUT2D eigenvalue weighted by Gasteiger charge is 2.28. The van der Waals surface area contributed by atoms with Gasteiger partial charge >= 0.3 is 0 Å². The minimum Gasteiger partial charge on any atom is -0.490 e. The maximum Gasteiger partial charge on any atom is 0.241 e.